The SMILES string of the molecule is COC(=O)c1ccc(CNC(=O)c2cc(OC)ccc2Br)cc1. The second-order valence-electron chi connectivity index (χ2n) is 4.72. The van der Waals surface area contributed by atoms with Gasteiger partial charge in [0.2, 0.25) is 0 Å². The number of halogens is 1. The Bertz CT molecular complexity index is 713. The number of carbonyl (C=O) groups is 2. The van der Waals surface area contributed by atoms with Crippen molar-refractivity contribution in [1.82, 2.24) is 5.32 Å². The van der Waals surface area contributed by atoms with E-state index in [-0.39, 0.29) is 11.9 Å². The van der Waals surface area contributed by atoms with Gasteiger partial charge < -0.3 is 14.8 Å². The van der Waals surface area contributed by atoms with E-state index in [1.165, 1.54) is 7.11 Å². The van der Waals surface area contributed by atoms with Gasteiger partial charge in [0, 0.05) is 11.0 Å². The predicted molar refractivity (Wildman–Crippen MR) is 89.6 cm³/mol. The van der Waals surface area contributed by atoms with Crippen LogP contribution in [0.25, 0.3) is 0 Å². The third kappa shape index (κ3) is 4.32. The zero-order chi connectivity index (χ0) is 16.8. The van der Waals surface area contributed by atoms with Crippen molar-refractivity contribution in [1.29, 1.82) is 0 Å². The quantitative estimate of drug-likeness (QED) is 0.812. The Labute approximate surface area is 142 Å². The summed E-state index contributed by atoms with van der Waals surface area (Å²) in [6.07, 6.45) is 0. The monoisotopic (exact) mass is 377 g/mol. The van der Waals surface area contributed by atoms with Gasteiger partial charge in [-0.15, -0.1) is 0 Å². The van der Waals surface area contributed by atoms with E-state index in [0.717, 1.165) is 5.56 Å². The van der Waals surface area contributed by atoms with Crippen LogP contribution in [0.3, 0.4) is 0 Å². The molecule has 1 N–H and O–H groups in total. The van der Waals surface area contributed by atoms with Crippen LogP contribution >= 0.6 is 15.9 Å². The Morgan fingerprint density at radius 2 is 1.78 bits per heavy atom. The summed E-state index contributed by atoms with van der Waals surface area (Å²) in [6, 6.07) is 12.1. The van der Waals surface area contributed by atoms with Gasteiger partial charge in [0.15, 0.2) is 0 Å². The molecule has 23 heavy (non-hydrogen) atoms. The lowest BCUT2D eigenvalue weighted by atomic mass is 10.1. The molecule has 0 atom stereocenters. The number of rotatable bonds is 5. The van der Waals surface area contributed by atoms with Crippen molar-refractivity contribution in [3.8, 4) is 5.75 Å². The fourth-order valence-corrected chi connectivity index (χ4v) is 2.39. The molecule has 0 aromatic heterocycles. The fraction of sp³-hybridized carbons (Fsp3) is 0.176. The van der Waals surface area contributed by atoms with Crippen LogP contribution in [0.2, 0.25) is 0 Å². The van der Waals surface area contributed by atoms with E-state index in [1.807, 2.05) is 0 Å². The zero-order valence-corrected chi connectivity index (χ0v) is 14.3. The third-order valence-corrected chi connectivity index (χ3v) is 3.94. The second kappa shape index (κ2) is 7.78. The lowest BCUT2D eigenvalue weighted by Gasteiger charge is -2.09. The number of nitrogens with one attached hydrogen (secondary N) is 1. The summed E-state index contributed by atoms with van der Waals surface area (Å²) < 4.78 is 10.5. The van der Waals surface area contributed by atoms with Crippen LogP contribution in [-0.2, 0) is 11.3 Å². The summed E-state index contributed by atoms with van der Waals surface area (Å²) in [6.45, 7) is 0.351. The number of benzene rings is 2. The first-order valence-electron chi connectivity index (χ1n) is 6.84. The largest absolute Gasteiger partial charge is 0.497 e. The van der Waals surface area contributed by atoms with Crippen LogP contribution in [0.4, 0.5) is 0 Å². The average Bonchev–Trinajstić information content (AvgIpc) is 2.59. The maximum Gasteiger partial charge on any atom is 0.337 e. The molecule has 120 valence electrons. The minimum Gasteiger partial charge on any atom is -0.497 e. The van der Waals surface area contributed by atoms with Gasteiger partial charge in [-0.2, -0.15) is 0 Å². The summed E-state index contributed by atoms with van der Waals surface area (Å²) in [7, 11) is 2.89. The van der Waals surface area contributed by atoms with E-state index in [1.54, 1.807) is 49.6 Å². The van der Waals surface area contributed by atoms with Crippen molar-refractivity contribution in [3.05, 3.63) is 63.6 Å². The van der Waals surface area contributed by atoms with Crippen molar-refractivity contribution in [3.63, 3.8) is 0 Å². The molecular formula is C17H16BrNO4. The highest BCUT2D eigenvalue weighted by atomic mass is 79.9. The second-order valence-corrected chi connectivity index (χ2v) is 5.57. The van der Waals surface area contributed by atoms with E-state index in [4.69, 9.17) is 4.74 Å². The Morgan fingerprint density at radius 3 is 2.39 bits per heavy atom. The van der Waals surface area contributed by atoms with Crippen LogP contribution in [0, 0.1) is 0 Å². The average molecular weight is 378 g/mol. The van der Waals surface area contributed by atoms with Crippen molar-refractivity contribution in [2.75, 3.05) is 14.2 Å². The lowest BCUT2D eigenvalue weighted by molar-refractivity contribution is 0.0600. The molecule has 2 aromatic carbocycles. The number of amides is 1. The van der Waals surface area contributed by atoms with Gasteiger partial charge in [0.05, 0.1) is 25.3 Å². The van der Waals surface area contributed by atoms with E-state index in [2.05, 4.69) is 26.0 Å². The molecule has 0 radical (unpaired) electrons. The van der Waals surface area contributed by atoms with E-state index in [0.29, 0.717) is 27.9 Å². The maximum absolute atomic E-state index is 12.3. The molecule has 0 unspecified atom stereocenters. The van der Waals surface area contributed by atoms with Gasteiger partial charge in [-0.25, -0.2) is 4.79 Å². The Balaban J connectivity index is 2.03. The topological polar surface area (TPSA) is 64.6 Å². The van der Waals surface area contributed by atoms with E-state index < -0.39 is 0 Å². The smallest absolute Gasteiger partial charge is 0.337 e. The molecule has 5 nitrogen and oxygen atoms in total. The molecule has 0 heterocycles. The molecule has 0 saturated heterocycles. The lowest BCUT2D eigenvalue weighted by Crippen LogP contribution is -2.23. The van der Waals surface area contributed by atoms with Gasteiger partial charge >= 0.3 is 5.97 Å². The molecule has 2 rings (SSSR count). The summed E-state index contributed by atoms with van der Waals surface area (Å²) in [4.78, 5) is 23.6. The number of hydrogen-bond donors (Lipinski definition) is 1. The van der Waals surface area contributed by atoms with Gasteiger partial charge in [-0.3, -0.25) is 4.79 Å². The van der Waals surface area contributed by atoms with Gasteiger partial charge in [-0.05, 0) is 51.8 Å². The number of esters is 1. The Morgan fingerprint density at radius 1 is 1.09 bits per heavy atom. The minimum absolute atomic E-state index is 0.215. The summed E-state index contributed by atoms with van der Waals surface area (Å²) in [5.41, 5.74) is 1.85. The van der Waals surface area contributed by atoms with E-state index in [9.17, 15) is 9.59 Å². The maximum atomic E-state index is 12.3. The van der Waals surface area contributed by atoms with E-state index >= 15 is 0 Å². The summed E-state index contributed by atoms with van der Waals surface area (Å²) >= 11 is 3.35. The molecule has 6 heteroatoms. The van der Waals surface area contributed by atoms with Crippen molar-refractivity contribution in [2.45, 2.75) is 6.54 Å². The van der Waals surface area contributed by atoms with Crippen molar-refractivity contribution in [2.24, 2.45) is 0 Å². The molecule has 0 aliphatic carbocycles. The Hall–Kier alpha value is -2.34. The number of hydrogen-bond acceptors (Lipinski definition) is 4. The third-order valence-electron chi connectivity index (χ3n) is 3.25. The summed E-state index contributed by atoms with van der Waals surface area (Å²) in [5, 5.41) is 2.83. The van der Waals surface area contributed by atoms with Crippen LogP contribution in [0.15, 0.2) is 46.9 Å². The molecule has 0 saturated carbocycles. The van der Waals surface area contributed by atoms with Gasteiger partial charge in [0.25, 0.3) is 5.91 Å². The van der Waals surface area contributed by atoms with Crippen LogP contribution < -0.4 is 10.1 Å². The van der Waals surface area contributed by atoms with Crippen LogP contribution in [0.1, 0.15) is 26.3 Å². The standard InChI is InChI=1S/C17H16BrNO4/c1-22-13-7-8-15(18)14(9-13)16(20)19-10-11-3-5-12(6-4-11)17(21)23-2/h3-9H,10H2,1-2H3,(H,19,20). The van der Waals surface area contributed by atoms with Crippen LogP contribution in [-0.4, -0.2) is 26.1 Å². The molecule has 0 aliphatic rings. The van der Waals surface area contributed by atoms with Crippen molar-refractivity contribution < 1.29 is 19.1 Å². The molecular weight excluding hydrogens is 362 g/mol. The Kier molecular flexibility index (Phi) is 5.76. The number of methoxy groups -OCH3 is 2. The molecule has 0 fully saturated rings. The van der Waals surface area contributed by atoms with Gasteiger partial charge in [-0.1, -0.05) is 12.1 Å². The molecule has 0 aliphatic heterocycles. The first-order valence-corrected chi connectivity index (χ1v) is 7.63. The first-order chi connectivity index (χ1) is 11.0. The highest BCUT2D eigenvalue weighted by Crippen LogP contribution is 2.22. The zero-order valence-electron chi connectivity index (χ0n) is 12.8. The molecule has 0 bridgehead atoms. The molecule has 2 aromatic rings. The molecule has 1 amide bonds. The number of carbonyl (C=O) groups excluding carboxylic acids is 2. The van der Waals surface area contributed by atoms with Crippen LogP contribution in [0.5, 0.6) is 5.75 Å². The number of ether oxygens (including phenoxy) is 2. The predicted octanol–water partition coefficient (Wildman–Crippen LogP) is 3.17. The van der Waals surface area contributed by atoms with Gasteiger partial charge in [0.1, 0.15) is 5.75 Å². The highest BCUT2D eigenvalue weighted by Gasteiger charge is 2.11. The van der Waals surface area contributed by atoms with Crippen molar-refractivity contribution >= 4 is 27.8 Å². The summed E-state index contributed by atoms with van der Waals surface area (Å²) in [5.74, 6) is 0.00879. The fourth-order valence-electron chi connectivity index (χ4n) is 1.96. The normalized spacial score (nSPS) is 10.0. The molecule has 0 spiro atoms. The minimum atomic E-state index is -0.388. The highest BCUT2D eigenvalue weighted by molar-refractivity contribution is 9.10. The first kappa shape index (κ1) is 17.0.